The Kier molecular flexibility index (Phi) is 4.87. The molecule has 0 aromatic heterocycles. The summed E-state index contributed by atoms with van der Waals surface area (Å²) in [5.74, 6) is -2.15. The Bertz CT molecular complexity index is 405. The van der Waals surface area contributed by atoms with Crippen molar-refractivity contribution in [3.8, 4) is 5.75 Å². The third-order valence-corrected chi connectivity index (χ3v) is 2.41. The Balaban J connectivity index is 2.59. The Labute approximate surface area is 98.0 Å². The fourth-order valence-corrected chi connectivity index (χ4v) is 1.51. The summed E-state index contributed by atoms with van der Waals surface area (Å²) in [7, 11) is 1.27. The number of benzene rings is 1. The lowest BCUT2D eigenvalue weighted by Crippen LogP contribution is -1.98. The number of ether oxygens (including phenoxy) is 1. The molecule has 0 fully saturated rings. The average Bonchev–Trinajstić information content (AvgIpc) is 2.28. The fraction of sp³-hybridized carbons (Fsp3) is 0.417. The molecule has 0 saturated carbocycles. The Morgan fingerprint density at radius 2 is 2.00 bits per heavy atom. The third kappa shape index (κ3) is 4.01. The van der Waals surface area contributed by atoms with Crippen LogP contribution in [0.25, 0.3) is 0 Å². The Morgan fingerprint density at radius 3 is 2.59 bits per heavy atom. The van der Waals surface area contributed by atoms with Gasteiger partial charge in [-0.2, -0.15) is 0 Å². The minimum absolute atomic E-state index is 0.0419. The summed E-state index contributed by atoms with van der Waals surface area (Å²) in [4.78, 5) is 10.3. The summed E-state index contributed by atoms with van der Waals surface area (Å²) < 4.78 is 31.4. The topological polar surface area (TPSA) is 46.5 Å². The highest BCUT2D eigenvalue weighted by Gasteiger charge is 2.10. The predicted molar refractivity (Wildman–Crippen MR) is 58.1 cm³/mol. The van der Waals surface area contributed by atoms with E-state index in [1.807, 2.05) is 0 Å². The predicted octanol–water partition coefficient (Wildman–Crippen LogP) is 2.77. The summed E-state index contributed by atoms with van der Waals surface area (Å²) in [6, 6.07) is 2.09. The van der Waals surface area contributed by atoms with Gasteiger partial charge in [-0.15, -0.1) is 0 Å². The lowest BCUT2D eigenvalue weighted by molar-refractivity contribution is -0.137. The molecule has 1 aromatic rings. The number of carboxylic acids is 1. The number of carboxylic acid groups (broad SMARTS) is 1. The van der Waals surface area contributed by atoms with E-state index in [4.69, 9.17) is 5.11 Å². The van der Waals surface area contributed by atoms with Gasteiger partial charge in [-0.1, -0.05) is 0 Å². The van der Waals surface area contributed by atoms with E-state index in [-0.39, 0.29) is 17.7 Å². The highest BCUT2D eigenvalue weighted by atomic mass is 19.1. The molecule has 1 rings (SSSR count). The first kappa shape index (κ1) is 13.4. The molecule has 0 spiro atoms. The molecule has 0 aliphatic rings. The average molecular weight is 244 g/mol. The molecule has 0 unspecified atom stereocenters. The number of halogens is 2. The highest BCUT2D eigenvalue weighted by molar-refractivity contribution is 5.66. The van der Waals surface area contributed by atoms with Crippen molar-refractivity contribution in [2.24, 2.45) is 0 Å². The van der Waals surface area contributed by atoms with Crippen LogP contribution >= 0.6 is 0 Å². The monoisotopic (exact) mass is 244 g/mol. The lowest BCUT2D eigenvalue weighted by Gasteiger charge is -2.06. The van der Waals surface area contributed by atoms with E-state index in [1.54, 1.807) is 0 Å². The van der Waals surface area contributed by atoms with Gasteiger partial charge in [0, 0.05) is 12.5 Å². The maximum Gasteiger partial charge on any atom is 0.303 e. The lowest BCUT2D eigenvalue weighted by atomic mass is 10.1. The van der Waals surface area contributed by atoms with Gasteiger partial charge in [-0.3, -0.25) is 4.79 Å². The maximum absolute atomic E-state index is 13.4. The summed E-state index contributed by atoms with van der Waals surface area (Å²) in [6.07, 6.45) is 1.32. The van der Waals surface area contributed by atoms with E-state index in [0.29, 0.717) is 19.3 Å². The molecule has 5 heteroatoms. The molecule has 17 heavy (non-hydrogen) atoms. The van der Waals surface area contributed by atoms with E-state index in [9.17, 15) is 13.6 Å². The van der Waals surface area contributed by atoms with Gasteiger partial charge in [0.2, 0.25) is 0 Å². The van der Waals surface area contributed by atoms with Crippen molar-refractivity contribution in [1.82, 2.24) is 0 Å². The van der Waals surface area contributed by atoms with Crippen LogP contribution in [0.3, 0.4) is 0 Å². The van der Waals surface area contributed by atoms with Crippen molar-refractivity contribution in [1.29, 1.82) is 0 Å². The molecule has 1 N–H and O–H groups in total. The first-order chi connectivity index (χ1) is 8.04. The zero-order valence-electron chi connectivity index (χ0n) is 9.50. The molecule has 0 aliphatic heterocycles. The van der Waals surface area contributed by atoms with Crippen molar-refractivity contribution in [2.45, 2.75) is 25.7 Å². The molecule has 0 atom stereocenters. The zero-order chi connectivity index (χ0) is 12.8. The maximum atomic E-state index is 13.4. The van der Waals surface area contributed by atoms with E-state index in [1.165, 1.54) is 7.11 Å². The molecule has 0 amide bonds. The number of hydrogen-bond acceptors (Lipinski definition) is 2. The van der Waals surface area contributed by atoms with Gasteiger partial charge in [0.05, 0.1) is 7.11 Å². The van der Waals surface area contributed by atoms with Crippen LogP contribution < -0.4 is 4.74 Å². The van der Waals surface area contributed by atoms with Crippen LogP contribution in [-0.4, -0.2) is 18.2 Å². The van der Waals surface area contributed by atoms with E-state index in [0.717, 1.165) is 12.1 Å². The molecular formula is C12H14F2O3. The standard InChI is InChI=1S/C12H14F2O3/c1-17-11-7-9(13)8(6-10(11)14)4-2-3-5-12(15)16/h6-7H,2-5H2,1H3,(H,15,16). The number of methoxy groups -OCH3 is 1. The second kappa shape index (κ2) is 6.18. The second-order valence-electron chi connectivity index (χ2n) is 3.68. The van der Waals surface area contributed by atoms with Crippen LogP contribution in [-0.2, 0) is 11.2 Å². The van der Waals surface area contributed by atoms with E-state index in [2.05, 4.69) is 4.74 Å². The summed E-state index contributed by atoms with van der Waals surface area (Å²) in [6.45, 7) is 0. The van der Waals surface area contributed by atoms with Crippen LogP contribution in [0, 0.1) is 11.6 Å². The fourth-order valence-electron chi connectivity index (χ4n) is 1.51. The van der Waals surface area contributed by atoms with Crippen molar-refractivity contribution in [3.63, 3.8) is 0 Å². The smallest absolute Gasteiger partial charge is 0.303 e. The van der Waals surface area contributed by atoms with Crippen LogP contribution in [0.15, 0.2) is 12.1 Å². The van der Waals surface area contributed by atoms with Gasteiger partial charge in [-0.05, 0) is 30.9 Å². The minimum atomic E-state index is -0.883. The first-order valence-electron chi connectivity index (χ1n) is 5.28. The third-order valence-electron chi connectivity index (χ3n) is 2.41. The number of unbranched alkanes of at least 4 members (excludes halogenated alkanes) is 1. The number of hydrogen-bond donors (Lipinski definition) is 1. The van der Waals surface area contributed by atoms with Crippen molar-refractivity contribution >= 4 is 5.97 Å². The van der Waals surface area contributed by atoms with Gasteiger partial charge in [0.1, 0.15) is 5.82 Å². The van der Waals surface area contributed by atoms with Crippen molar-refractivity contribution in [2.75, 3.05) is 7.11 Å². The van der Waals surface area contributed by atoms with Gasteiger partial charge in [0.25, 0.3) is 0 Å². The molecular weight excluding hydrogens is 230 g/mol. The number of carbonyl (C=O) groups is 1. The summed E-state index contributed by atoms with van der Waals surface area (Å²) in [5, 5.41) is 8.43. The van der Waals surface area contributed by atoms with Gasteiger partial charge < -0.3 is 9.84 Å². The molecule has 0 aliphatic carbocycles. The normalized spacial score (nSPS) is 10.3. The quantitative estimate of drug-likeness (QED) is 0.783. The number of aryl methyl sites for hydroxylation is 1. The summed E-state index contributed by atoms with van der Waals surface area (Å²) >= 11 is 0. The van der Waals surface area contributed by atoms with Gasteiger partial charge in [-0.25, -0.2) is 8.78 Å². The second-order valence-corrected chi connectivity index (χ2v) is 3.68. The van der Waals surface area contributed by atoms with Crippen molar-refractivity contribution < 1.29 is 23.4 Å². The number of rotatable bonds is 6. The van der Waals surface area contributed by atoms with Gasteiger partial charge in [0.15, 0.2) is 11.6 Å². The van der Waals surface area contributed by atoms with Crippen LogP contribution in [0.2, 0.25) is 0 Å². The molecule has 0 heterocycles. The minimum Gasteiger partial charge on any atom is -0.494 e. The zero-order valence-corrected chi connectivity index (χ0v) is 9.50. The first-order valence-corrected chi connectivity index (χ1v) is 5.28. The molecule has 0 saturated heterocycles. The molecule has 3 nitrogen and oxygen atoms in total. The molecule has 0 bridgehead atoms. The van der Waals surface area contributed by atoms with E-state index < -0.39 is 17.6 Å². The molecule has 0 radical (unpaired) electrons. The van der Waals surface area contributed by atoms with Crippen LogP contribution in [0.1, 0.15) is 24.8 Å². The molecule has 94 valence electrons. The van der Waals surface area contributed by atoms with Gasteiger partial charge >= 0.3 is 5.97 Å². The van der Waals surface area contributed by atoms with Crippen LogP contribution in [0.5, 0.6) is 5.75 Å². The van der Waals surface area contributed by atoms with Crippen LogP contribution in [0.4, 0.5) is 8.78 Å². The SMILES string of the molecule is COc1cc(F)c(CCCCC(=O)O)cc1F. The number of aliphatic carboxylic acids is 1. The van der Waals surface area contributed by atoms with Crippen molar-refractivity contribution in [3.05, 3.63) is 29.3 Å². The Morgan fingerprint density at radius 1 is 1.29 bits per heavy atom. The Hall–Kier alpha value is -1.65. The van der Waals surface area contributed by atoms with E-state index >= 15 is 0 Å². The largest absolute Gasteiger partial charge is 0.494 e. The summed E-state index contributed by atoms with van der Waals surface area (Å²) in [5.41, 5.74) is 0.244. The molecule has 1 aromatic carbocycles. The highest BCUT2D eigenvalue weighted by Crippen LogP contribution is 2.22.